The monoisotopic (exact) mass is 491 g/mol. The predicted octanol–water partition coefficient (Wildman–Crippen LogP) is 5.08. The summed E-state index contributed by atoms with van der Waals surface area (Å²) < 4.78 is 20.5. The lowest BCUT2D eigenvalue weighted by Gasteiger charge is -2.28. The zero-order valence-corrected chi connectivity index (χ0v) is 21.0. The van der Waals surface area contributed by atoms with Crippen LogP contribution in [0.1, 0.15) is 28.7 Å². The molecule has 0 unspecified atom stereocenters. The van der Waals surface area contributed by atoms with E-state index in [-0.39, 0.29) is 24.1 Å². The number of halogens is 2. The quantitative estimate of drug-likeness (QED) is 0.462. The lowest BCUT2D eigenvalue weighted by Crippen LogP contribution is -2.39. The number of hydrogen-bond acceptors (Lipinski definition) is 5. The van der Waals surface area contributed by atoms with Crippen LogP contribution in [0.25, 0.3) is 10.2 Å². The Kier molecular flexibility index (Phi) is 8.82. The summed E-state index contributed by atoms with van der Waals surface area (Å²) in [5.41, 5.74) is 4.84. The number of nitrogens with zero attached hydrogens (tertiary/aromatic N) is 3. The zero-order valence-electron chi connectivity index (χ0n) is 19.4. The Morgan fingerprint density at radius 2 is 1.88 bits per heavy atom. The largest absolute Gasteiger partial charge is 0.379 e. The van der Waals surface area contributed by atoms with Gasteiger partial charge in [0.1, 0.15) is 11.3 Å². The van der Waals surface area contributed by atoms with E-state index in [0.29, 0.717) is 23.6 Å². The Bertz CT molecular complexity index is 1090. The Morgan fingerprint density at radius 3 is 2.55 bits per heavy atom. The summed E-state index contributed by atoms with van der Waals surface area (Å²) in [5, 5.41) is 0.569. The summed E-state index contributed by atoms with van der Waals surface area (Å²) in [6, 6.07) is 9.18. The number of aromatic nitrogens is 1. The third-order valence-corrected chi connectivity index (χ3v) is 7.06. The second-order valence-corrected chi connectivity index (χ2v) is 9.50. The SMILES string of the molecule is Cc1cc(C)c(CC(=O)N(CCCN2CCOCC2)c2nc3c(F)cccc3s2)c(C)c1.Cl. The summed E-state index contributed by atoms with van der Waals surface area (Å²) in [4.78, 5) is 22.1. The normalized spacial score (nSPS) is 14.3. The van der Waals surface area contributed by atoms with Crippen molar-refractivity contribution in [1.82, 2.24) is 9.88 Å². The van der Waals surface area contributed by atoms with Gasteiger partial charge in [-0.1, -0.05) is 35.1 Å². The summed E-state index contributed by atoms with van der Waals surface area (Å²) >= 11 is 1.38. The van der Waals surface area contributed by atoms with Crippen LogP contribution < -0.4 is 4.90 Å². The molecule has 3 aromatic rings. The van der Waals surface area contributed by atoms with Crippen LogP contribution in [0, 0.1) is 26.6 Å². The molecule has 1 fully saturated rings. The number of morpholine rings is 1. The molecule has 0 N–H and O–H groups in total. The smallest absolute Gasteiger partial charge is 0.233 e. The van der Waals surface area contributed by atoms with Crippen LogP contribution in [0.4, 0.5) is 9.52 Å². The Labute approximate surface area is 205 Å². The molecule has 1 aromatic heterocycles. The number of para-hydroxylation sites is 1. The first-order chi connectivity index (χ1) is 15.4. The van der Waals surface area contributed by atoms with Crippen molar-refractivity contribution in [3.8, 4) is 0 Å². The number of amides is 1. The number of rotatable bonds is 7. The highest BCUT2D eigenvalue weighted by molar-refractivity contribution is 7.22. The zero-order chi connectivity index (χ0) is 22.7. The van der Waals surface area contributed by atoms with Gasteiger partial charge in [-0.2, -0.15) is 0 Å². The minimum Gasteiger partial charge on any atom is -0.379 e. The number of benzene rings is 2. The fraction of sp³-hybridized carbons (Fsp3) is 0.440. The Balaban J connectivity index is 0.00000306. The van der Waals surface area contributed by atoms with Crippen molar-refractivity contribution in [1.29, 1.82) is 0 Å². The molecule has 2 aromatic carbocycles. The molecule has 33 heavy (non-hydrogen) atoms. The van der Waals surface area contributed by atoms with Crippen molar-refractivity contribution in [3.63, 3.8) is 0 Å². The Morgan fingerprint density at radius 1 is 1.18 bits per heavy atom. The number of thiazole rings is 1. The highest BCUT2D eigenvalue weighted by Crippen LogP contribution is 2.31. The molecule has 1 saturated heterocycles. The number of ether oxygens (including phenoxy) is 1. The molecule has 1 amide bonds. The molecule has 0 radical (unpaired) electrons. The lowest BCUT2D eigenvalue weighted by molar-refractivity contribution is -0.118. The van der Waals surface area contributed by atoms with Crippen LogP contribution in [-0.2, 0) is 16.0 Å². The molecule has 178 valence electrons. The van der Waals surface area contributed by atoms with Crippen molar-refractivity contribution in [2.75, 3.05) is 44.3 Å². The fourth-order valence-electron chi connectivity index (χ4n) is 4.36. The second-order valence-electron chi connectivity index (χ2n) is 8.49. The third kappa shape index (κ3) is 6.09. The van der Waals surface area contributed by atoms with E-state index >= 15 is 0 Å². The molecule has 5 nitrogen and oxygen atoms in total. The molecule has 0 atom stereocenters. The molecule has 0 saturated carbocycles. The van der Waals surface area contributed by atoms with Crippen molar-refractivity contribution < 1.29 is 13.9 Å². The average Bonchev–Trinajstić information content (AvgIpc) is 3.19. The molecule has 0 bridgehead atoms. The van der Waals surface area contributed by atoms with Gasteiger partial charge in [-0.15, -0.1) is 12.4 Å². The number of carbonyl (C=O) groups excluding carboxylic acids is 1. The maximum absolute atomic E-state index is 14.3. The minimum atomic E-state index is -0.351. The van der Waals surface area contributed by atoms with E-state index in [1.807, 2.05) is 6.07 Å². The van der Waals surface area contributed by atoms with Gasteiger partial charge in [-0.3, -0.25) is 14.6 Å². The van der Waals surface area contributed by atoms with Gasteiger partial charge in [0, 0.05) is 26.2 Å². The average molecular weight is 492 g/mol. The molecule has 4 rings (SSSR count). The van der Waals surface area contributed by atoms with Crippen LogP contribution in [0.5, 0.6) is 0 Å². The predicted molar refractivity (Wildman–Crippen MR) is 135 cm³/mol. The first kappa shape index (κ1) is 25.6. The standard InChI is InChI=1S/C25H30FN3O2S.ClH/c1-17-14-18(2)20(19(3)15-17)16-23(30)29(9-5-8-28-10-12-31-13-11-28)25-27-24-21(26)6-4-7-22(24)32-25;/h4,6-7,14-15H,5,8-13,16H2,1-3H3;1H. The van der Waals surface area contributed by atoms with Crippen LogP contribution >= 0.6 is 23.7 Å². The van der Waals surface area contributed by atoms with Gasteiger partial charge in [0.25, 0.3) is 0 Å². The maximum Gasteiger partial charge on any atom is 0.233 e. The first-order valence-corrected chi connectivity index (χ1v) is 12.0. The third-order valence-electron chi connectivity index (χ3n) is 6.02. The van der Waals surface area contributed by atoms with Crippen LogP contribution in [0.15, 0.2) is 30.3 Å². The van der Waals surface area contributed by atoms with E-state index in [0.717, 1.165) is 60.7 Å². The molecule has 0 aliphatic carbocycles. The van der Waals surface area contributed by atoms with E-state index in [9.17, 15) is 9.18 Å². The van der Waals surface area contributed by atoms with Crippen molar-refractivity contribution in [2.45, 2.75) is 33.6 Å². The minimum absolute atomic E-state index is 0. The molecule has 1 aliphatic heterocycles. The highest BCUT2D eigenvalue weighted by atomic mass is 35.5. The van der Waals surface area contributed by atoms with Gasteiger partial charge in [0.2, 0.25) is 5.91 Å². The number of fused-ring (bicyclic) bond motifs is 1. The molecular weight excluding hydrogens is 461 g/mol. The molecule has 0 spiro atoms. The number of anilines is 1. The summed E-state index contributed by atoms with van der Waals surface area (Å²) in [7, 11) is 0. The molecule has 8 heteroatoms. The van der Waals surface area contributed by atoms with Gasteiger partial charge in [0.05, 0.1) is 24.3 Å². The lowest BCUT2D eigenvalue weighted by atomic mass is 9.97. The first-order valence-electron chi connectivity index (χ1n) is 11.1. The van der Waals surface area contributed by atoms with Gasteiger partial charge < -0.3 is 4.74 Å². The van der Waals surface area contributed by atoms with Gasteiger partial charge in [-0.05, 0) is 56.0 Å². The summed E-state index contributed by atoms with van der Waals surface area (Å²) in [6.07, 6.45) is 1.14. The Hall–Kier alpha value is -2.06. The summed E-state index contributed by atoms with van der Waals surface area (Å²) in [5.74, 6) is -0.350. The molecule has 1 aliphatic rings. The fourth-order valence-corrected chi connectivity index (χ4v) is 5.38. The van der Waals surface area contributed by atoms with Crippen molar-refractivity contribution in [3.05, 3.63) is 58.4 Å². The molecular formula is C25H31ClFN3O2S. The van der Waals surface area contributed by atoms with E-state index < -0.39 is 0 Å². The van der Waals surface area contributed by atoms with Gasteiger partial charge >= 0.3 is 0 Å². The second kappa shape index (κ2) is 11.4. The van der Waals surface area contributed by atoms with Crippen LogP contribution in [-0.4, -0.2) is 55.2 Å². The maximum atomic E-state index is 14.3. The highest BCUT2D eigenvalue weighted by Gasteiger charge is 2.22. The van der Waals surface area contributed by atoms with E-state index in [4.69, 9.17) is 4.74 Å². The van der Waals surface area contributed by atoms with Gasteiger partial charge in [0.15, 0.2) is 5.13 Å². The summed E-state index contributed by atoms with van der Waals surface area (Å²) in [6.45, 7) is 11.0. The molecule has 2 heterocycles. The number of aryl methyl sites for hydroxylation is 3. The van der Waals surface area contributed by atoms with Crippen LogP contribution in [0.3, 0.4) is 0 Å². The van der Waals surface area contributed by atoms with Crippen LogP contribution in [0.2, 0.25) is 0 Å². The van der Waals surface area contributed by atoms with Gasteiger partial charge in [-0.25, -0.2) is 9.37 Å². The topological polar surface area (TPSA) is 45.7 Å². The number of hydrogen-bond donors (Lipinski definition) is 0. The van der Waals surface area contributed by atoms with Crippen molar-refractivity contribution in [2.24, 2.45) is 0 Å². The van der Waals surface area contributed by atoms with E-state index in [2.05, 4.69) is 42.8 Å². The van der Waals surface area contributed by atoms with E-state index in [1.165, 1.54) is 23.0 Å². The number of carbonyl (C=O) groups is 1. The van der Waals surface area contributed by atoms with E-state index in [1.54, 1.807) is 11.0 Å². The van der Waals surface area contributed by atoms with Crippen molar-refractivity contribution >= 4 is 45.0 Å².